The number of amides is 1. The Labute approximate surface area is 124 Å². The molecule has 1 saturated carbocycles. The quantitative estimate of drug-likeness (QED) is 0.850. The first-order valence-corrected chi connectivity index (χ1v) is 7.28. The Morgan fingerprint density at radius 3 is 2.45 bits per heavy atom. The second-order valence-electron chi connectivity index (χ2n) is 5.14. The summed E-state index contributed by atoms with van der Waals surface area (Å²) >= 11 is 6.04. The van der Waals surface area contributed by atoms with Crippen molar-refractivity contribution in [2.24, 2.45) is 0 Å². The second-order valence-corrected chi connectivity index (χ2v) is 5.41. The summed E-state index contributed by atoms with van der Waals surface area (Å²) in [5, 5.41) is 3.08. The number of ether oxygens (including phenoxy) is 2. The molecule has 20 heavy (non-hydrogen) atoms. The maximum Gasteiger partial charge on any atom is 0.251 e. The zero-order valence-corrected chi connectivity index (χ0v) is 12.6. The Kier molecular flexibility index (Phi) is 4.76. The summed E-state index contributed by atoms with van der Waals surface area (Å²) in [6, 6.07) is 5.15. The van der Waals surface area contributed by atoms with Crippen LogP contribution >= 0.6 is 11.6 Å². The van der Waals surface area contributed by atoms with Crippen LogP contribution in [-0.2, 0) is 0 Å². The molecule has 1 aromatic rings. The molecule has 0 saturated heterocycles. The van der Waals surface area contributed by atoms with Crippen LogP contribution in [0.5, 0.6) is 11.5 Å². The van der Waals surface area contributed by atoms with E-state index in [9.17, 15) is 4.79 Å². The Bertz CT molecular complexity index is 484. The topological polar surface area (TPSA) is 47.6 Å². The van der Waals surface area contributed by atoms with Crippen LogP contribution in [0.25, 0.3) is 0 Å². The molecule has 5 heteroatoms. The van der Waals surface area contributed by atoms with Gasteiger partial charge in [-0.05, 0) is 31.0 Å². The highest BCUT2D eigenvalue weighted by Gasteiger charge is 2.34. The van der Waals surface area contributed by atoms with Gasteiger partial charge in [0.1, 0.15) is 0 Å². The van der Waals surface area contributed by atoms with E-state index in [0.717, 1.165) is 25.7 Å². The van der Waals surface area contributed by atoms with Crippen molar-refractivity contribution in [3.8, 4) is 11.5 Å². The predicted octanol–water partition coefficient (Wildman–Crippen LogP) is 2.99. The first-order chi connectivity index (χ1) is 9.64. The lowest BCUT2D eigenvalue weighted by Gasteiger charge is -2.28. The number of halogens is 1. The van der Waals surface area contributed by atoms with Gasteiger partial charge in [-0.25, -0.2) is 0 Å². The minimum Gasteiger partial charge on any atom is -0.493 e. The van der Waals surface area contributed by atoms with Crippen molar-refractivity contribution in [2.45, 2.75) is 31.2 Å². The molecule has 1 aromatic carbocycles. The van der Waals surface area contributed by atoms with Crippen LogP contribution in [0.3, 0.4) is 0 Å². The van der Waals surface area contributed by atoms with Crippen molar-refractivity contribution < 1.29 is 14.3 Å². The molecule has 1 aliphatic rings. The van der Waals surface area contributed by atoms with E-state index in [1.165, 1.54) is 0 Å². The lowest BCUT2D eigenvalue weighted by Crippen LogP contribution is -2.47. The summed E-state index contributed by atoms with van der Waals surface area (Å²) in [7, 11) is 3.12. The SMILES string of the molecule is COc1ccc(C(=O)NC2(CCl)CCCC2)cc1OC. The van der Waals surface area contributed by atoms with Gasteiger partial charge >= 0.3 is 0 Å². The van der Waals surface area contributed by atoms with Crippen molar-refractivity contribution in [2.75, 3.05) is 20.1 Å². The monoisotopic (exact) mass is 297 g/mol. The van der Waals surface area contributed by atoms with Gasteiger partial charge in [-0.3, -0.25) is 4.79 Å². The zero-order valence-electron chi connectivity index (χ0n) is 11.9. The standard InChI is InChI=1S/C15H20ClNO3/c1-19-12-6-5-11(9-13(12)20-2)14(18)17-15(10-16)7-3-4-8-15/h5-6,9H,3-4,7-8,10H2,1-2H3,(H,17,18). The maximum atomic E-state index is 12.4. The van der Waals surface area contributed by atoms with Gasteiger partial charge in [0.15, 0.2) is 11.5 Å². The molecule has 1 fully saturated rings. The predicted molar refractivity (Wildman–Crippen MR) is 78.9 cm³/mol. The molecule has 0 radical (unpaired) electrons. The van der Waals surface area contributed by atoms with Gasteiger partial charge in [0.05, 0.1) is 19.8 Å². The molecule has 1 N–H and O–H groups in total. The molecule has 0 heterocycles. The Balaban J connectivity index is 2.16. The maximum absolute atomic E-state index is 12.4. The molecule has 0 spiro atoms. The van der Waals surface area contributed by atoms with Gasteiger partial charge in [-0.2, -0.15) is 0 Å². The summed E-state index contributed by atoms with van der Waals surface area (Å²) in [5.41, 5.74) is 0.297. The summed E-state index contributed by atoms with van der Waals surface area (Å²) in [5.74, 6) is 1.49. The van der Waals surface area contributed by atoms with E-state index >= 15 is 0 Å². The van der Waals surface area contributed by atoms with Crippen LogP contribution in [0, 0.1) is 0 Å². The van der Waals surface area contributed by atoms with Crippen molar-refractivity contribution in [1.82, 2.24) is 5.32 Å². The zero-order chi connectivity index (χ0) is 14.6. The first-order valence-electron chi connectivity index (χ1n) is 6.74. The molecule has 0 bridgehead atoms. The van der Waals surface area contributed by atoms with E-state index in [1.54, 1.807) is 32.4 Å². The van der Waals surface area contributed by atoms with Crippen molar-refractivity contribution in [3.63, 3.8) is 0 Å². The smallest absolute Gasteiger partial charge is 0.251 e. The number of carbonyl (C=O) groups is 1. The fraction of sp³-hybridized carbons (Fsp3) is 0.533. The molecule has 2 rings (SSSR count). The molecular formula is C15H20ClNO3. The molecule has 4 nitrogen and oxygen atoms in total. The average molecular weight is 298 g/mol. The van der Waals surface area contributed by atoms with Gasteiger partial charge in [-0.15, -0.1) is 11.6 Å². The second kappa shape index (κ2) is 6.35. The van der Waals surface area contributed by atoms with Crippen molar-refractivity contribution in [3.05, 3.63) is 23.8 Å². The molecule has 1 aliphatic carbocycles. The molecule has 110 valence electrons. The van der Waals surface area contributed by atoms with E-state index in [2.05, 4.69) is 5.32 Å². The van der Waals surface area contributed by atoms with E-state index in [4.69, 9.17) is 21.1 Å². The molecule has 0 atom stereocenters. The summed E-state index contributed by atoms with van der Waals surface area (Å²) in [6.45, 7) is 0. The summed E-state index contributed by atoms with van der Waals surface area (Å²) in [4.78, 5) is 12.4. The highest BCUT2D eigenvalue weighted by molar-refractivity contribution is 6.19. The number of carbonyl (C=O) groups excluding carboxylic acids is 1. The van der Waals surface area contributed by atoms with E-state index in [0.29, 0.717) is 22.9 Å². The van der Waals surface area contributed by atoms with Crippen LogP contribution in [0.15, 0.2) is 18.2 Å². The highest BCUT2D eigenvalue weighted by atomic mass is 35.5. The normalized spacial score (nSPS) is 16.8. The fourth-order valence-corrected chi connectivity index (χ4v) is 2.97. The first kappa shape index (κ1) is 15.0. The number of hydrogen-bond donors (Lipinski definition) is 1. The minimum atomic E-state index is -0.258. The third-order valence-electron chi connectivity index (χ3n) is 3.84. The number of benzene rings is 1. The lowest BCUT2D eigenvalue weighted by atomic mass is 9.99. The van der Waals surface area contributed by atoms with Crippen LogP contribution in [0.4, 0.5) is 0 Å². The number of hydrogen-bond acceptors (Lipinski definition) is 3. The average Bonchev–Trinajstić information content (AvgIpc) is 2.95. The van der Waals surface area contributed by atoms with Gasteiger partial charge < -0.3 is 14.8 Å². The minimum absolute atomic E-state index is 0.117. The van der Waals surface area contributed by atoms with Crippen LogP contribution in [-0.4, -0.2) is 31.5 Å². The lowest BCUT2D eigenvalue weighted by molar-refractivity contribution is 0.0909. The Hall–Kier alpha value is -1.42. The van der Waals surface area contributed by atoms with Crippen molar-refractivity contribution >= 4 is 17.5 Å². The molecule has 0 aromatic heterocycles. The molecule has 0 unspecified atom stereocenters. The van der Waals surface area contributed by atoms with Crippen LogP contribution in [0.1, 0.15) is 36.0 Å². The molecular weight excluding hydrogens is 278 g/mol. The van der Waals surface area contributed by atoms with Gasteiger partial charge in [0.2, 0.25) is 0 Å². The number of nitrogens with one attached hydrogen (secondary N) is 1. The third-order valence-corrected chi connectivity index (χ3v) is 4.35. The van der Waals surface area contributed by atoms with Crippen LogP contribution in [0.2, 0.25) is 0 Å². The van der Waals surface area contributed by atoms with Crippen LogP contribution < -0.4 is 14.8 Å². The number of alkyl halides is 1. The van der Waals surface area contributed by atoms with Gasteiger partial charge in [0.25, 0.3) is 5.91 Å². The third kappa shape index (κ3) is 3.01. The largest absolute Gasteiger partial charge is 0.493 e. The Morgan fingerprint density at radius 2 is 1.90 bits per heavy atom. The van der Waals surface area contributed by atoms with E-state index in [-0.39, 0.29) is 11.4 Å². The number of rotatable bonds is 5. The van der Waals surface area contributed by atoms with E-state index in [1.807, 2.05) is 0 Å². The molecule has 0 aliphatic heterocycles. The Morgan fingerprint density at radius 1 is 1.25 bits per heavy atom. The van der Waals surface area contributed by atoms with Gasteiger partial charge in [-0.1, -0.05) is 12.8 Å². The number of methoxy groups -OCH3 is 2. The summed E-state index contributed by atoms with van der Waals surface area (Å²) in [6.07, 6.45) is 4.10. The van der Waals surface area contributed by atoms with Crippen molar-refractivity contribution in [1.29, 1.82) is 0 Å². The van der Waals surface area contributed by atoms with E-state index < -0.39 is 0 Å². The fourth-order valence-electron chi connectivity index (χ4n) is 2.63. The van der Waals surface area contributed by atoms with Gasteiger partial charge in [0, 0.05) is 11.4 Å². The summed E-state index contributed by atoms with van der Waals surface area (Å²) < 4.78 is 10.4. The molecule has 1 amide bonds. The highest BCUT2D eigenvalue weighted by Crippen LogP contribution is 2.32.